The topological polar surface area (TPSA) is 86.9 Å². The van der Waals surface area contributed by atoms with Crippen molar-refractivity contribution in [2.45, 2.75) is 44.1 Å². The molecular weight excluding hydrogens is 323 g/mol. The number of amides is 2. The van der Waals surface area contributed by atoms with E-state index in [9.17, 15) is 14.0 Å². The van der Waals surface area contributed by atoms with Crippen LogP contribution in [0.25, 0.3) is 11.0 Å². The summed E-state index contributed by atoms with van der Waals surface area (Å²) in [6.45, 7) is 0.667. The zero-order valence-corrected chi connectivity index (χ0v) is 13.9. The van der Waals surface area contributed by atoms with Gasteiger partial charge < -0.3 is 15.6 Å². The number of fused-ring (bicyclic) bond motifs is 1. The number of benzene rings is 1. The monoisotopic (exact) mass is 344 g/mol. The highest BCUT2D eigenvalue weighted by atomic mass is 19.1. The number of aromatic amines is 1. The molecule has 1 aromatic heterocycles. The predicted molar refractivity (Wildman–Crippen MR) is 90.5 cm³/mol. The second-order valence-corrected chi connectivity index (χ2v) is 7.15. The molecule has 4 rings (SSSR count). The van der Waals surface area contributed by atoms with E-state index in [-0.39, 0.29) is 11.5 Å². The molecule has 0 saturated heterocycles. The lowest BCUT2D eigenvalue weighted by Gasteiger charge is -2.29. The Labute approximate surface area is 144 Å². The quantitative estimate of drug-likeness (QED) is 0.778. The van der Waals surface area contributed by atoms with Crippen LogP contribution in [0.5, 0.6) is 0 Å². The number of aromatic nitrogens is 2. The van der Waals surface area contributed by atoms with Gasteiger partial charge in [0, 0.05) is 6.54 Å². The van der Waals surface area contributed by atoms with Gasteiger partial charge in [0.2, 0.25) is 5.91 Å². The lowest BCUT2D eigenvalue weighted by atomic mass is 9.95. The molecule has 0 unspecified atom stereocenters. The number of imidazole rings is 1. The summed E-state index contributed by atoms with van der Waals surface area (Å²) in [6.07, 6.45) is 6.72. The van der Waals surface area contributed by atoms with E-state index in [0.717, 1.165) is 25.7 Å². The third kappa shape index (κ3) is 3.10. The van der Waals surface area contributed by atoms with Gasteiger partial charge in [-0.25, -0.2) is 9.37 Å². The number of nitrogens with zero attached hydrogens (tertiary/aromatic N) is 1. The van der Waals surface area contributed by atoms with Gasteiger partial charge in [-0.2, -0.15) is 0 Å². The van der Waals surface area contributed by atoms with E-state index in [0.29, 0.717) is 36.3 Å². The van der Waals surface area contributed by atoms with Crippen LogP contribution in [-0.4, -0.2) is 33.9 Å². The highest BCUT2D eigenvalue weighted by Gasteiger charge is 2.43. The summed E-state index contributed by atoms with van der Waals surface area (Å²) in [5.41, 5.74) is 0.118. The van der Waals surface area contributed by atoms with Crippen molar-refractivity contribution in [2.24, 2.45) is 5.92 Å². The summed E-state index contributed by atoms with van der Waals surface area (Å²) >= 11 is 0. The molecule has 2 fully saturated rings. The van der Waals surface area contributed by atoms with Crippen LogP contribution in [0, 0.1) is 11.7 Å². The molecule has 0 atom stereocenters. The zero-order valence-electron chi connectivity index (χ0n) is 13.9. The maximum atomic E-state index is 13.8. The summed E-state index contributed by atoms with van der Waals surface area (Å²) in [6, 6.07) is 2.47. The SMILES string of the molecule is O=C(NC1(C(=O)NCC2CC2)CCCC1)c1cc(F)cc2[nH]cnc12. The second-order valence-electron chi connectivity index (χ2n) is 7.15. The van der Waals surface area contributed by atoms with Gasteiger partial charge in [0.15, 0.2) is 0 Å². The Hall–Kier alpha value is -2.44. The van der Waals surface area contributed by atoms with Crippen molar-refractivity contribution in [1.82, 2.24) is 20.6 Å². The van der Waals surface area contributed by atoms with Crippen LogP contribution in [0.4, 0.5) is 4.39 Å². The Morgan fingerprint density at radius 3 is 2.76 bits per heavy atom. The number of rotatable bonds is 5. The van der Waals surface area contributed by atoms with E-state index in [1.54, 1.807) is 0 Å². The number of hydrogen-bond acceptors (Lipinski definition) is 3. The van der Waals surface area contributed by atoms with E-state index in [2.05, 4.69) is 20.6 Å². The smallest absolute Gasteiger partial charge is 0.254 e. The minimum Gasteiger partial charge on any atom is -0.354 e. The first kappa shape index (κ1) is 16.1. The average molecular weight is 344 g/mol. The average Bonchev–Trinajstić information content (AvgIpc) is 3.09. The molecule has 3 N–H and O–H groups in total. The van der Waals surface area contributed by atoms with Crippen LogP contribution < -0.4 is 10.6 Å². The molecule has 7 heteroatoms. The van der Waals surface area contributed by atoms with Crippen LogP contribution in [0.2, 0.25) is 0 Å². The lowest BCUT2D eigenvalue weighted by Crippen LogP contribution is -2.57. The maximum absolute atomic E-state index is 13.8. The molecule has 25 heavy (non-hydrogen) atoms. The third-order valence-electron chi connectivity index (χ3n) is 5.23. The number of nitrogens with one attached hydrogen (secondary N) is 3. The number of carbonyl (C=O) groups is 2. The molecule has 0 bridgehead atoms. The number of hydrogen-bond donors (Lipinski definition) is 3. The van der Waals surface area contributed by atoms with Crippen LogP contribution in [0.15, 0.2) is 18.5 Å². The van der Waals surface area contributed by atoms with E-state index in [4.69, 9.17) is 0 Å². The summed E-state index contributed by atoms with van der Waals surface area (Å²) in [5, 5.41) is 5.87. The minimum absolute atomic E-state index is 0.125. The third-order valence-corrected chi connectivity index (χ3v) is 5.23. The lowest BCUT2D eigenvalue weighted by molar-refractivity contribution is -0.127. The summed E-state index contributed by atoms with van der Waals surface area (Å²) in [4.78, 5) is 32.5. The molecule has 2 saturated carbocycles. The van der Waals surface area contributed by atoms with Gasteiger partial charge in [-0.15, -0.1) is 0 Å². The first-order valence-corrected chi connectivity index (χ1v) is 8.81. The Bertz CT molecular complexity index is 822. The van der Waals surface area contributed by atoms with Gasteiger partial charge in [-0.3, -0.25) is 9.59 Å². The van der Waals surface area contributed by atoms with Gasteiger partial charge in [-0.05, 0) is 43.7 Å². The van der Waals surface area contributed by atoms with E-state index < -0.39 is 17.3 Å². The van der Waals surface area contributed by atoms with Crippen molar-refractivity contribution in [3.63, 3.8) is 0 Å². The molecule has 2 aliphatic rings. The molecule has 2 amide bonds. The first-order chi connectivity index (χ1) is 12.1. The number of halogens is 1. The molecule has 6 nitrogen and oxygen atoms in total. The van der Waals surface area contributed by atoms with Crippen molar-refractivity contribution in [1.29, 1.82) is 0 Å². The maximum Gasteiger partial charge on any atom is 0.254 e. The van der Waals surface area contributed by atoms with Gasteiger partial charge >= 0.3 is 0 Å². The van der Waals surface area contributed by atoms with Crippen LogP contribution >= 0.6 is 0 Å². The normalized spacial score (nSPS) is 19.1. The van der Waals surface area contributed by atoms with E-state index in [1.165, 1.54) is 18.5 Å². The molecule has 0 spiro atoms. The highest BCUT2D eigenvalue weighted by molar-refractivity contribution is 6.07. The molecule has 2 aromatic rings. The van der Waals surface area contributed by atoms with Crippen molar-refractivity contribution >= 4 is 22.8 Å². The number of H-pyrrole nitrogens is 1. The largest absolute Gasteiger partial charge is 0.354 e. The molecule has 2 aliphatic carbocycles. The van der Waals surface area contributed by atoms with E-state index >= 15 is 0 Å². The van der Waals surface area contributed by atoms with Crippen LogP contribution in [-0.2, 0) is 4.79 Å². The van der Waals surface area contributed by atoms with Crippen molar-refractivity contribution in [2.75, 3.05) is 6.54 Å². The van der Waals surface area contributed by atoms with Gasteiger partial charge in [0.1, 0.15) is 16.9 Å². The van der Waals surface area contributed by atoms with Gasteiger partial charge in [0.25, 0.3) is 5.91 Å². The highest BCUT2D eigenvalue weighted by Crippen LogP contribution is 2.32. The van der Waals surface area contributed by atoms with Crippen molar-refractivity contribution in [3.8, 4) is 0 Å². The zero-order chi connectivity index (χ0) is 17.4. The van der Waals surface area contributed by atoms with Crippen molar-refractivity contribution in [3.05, 3.63) is 29.8 Å². The summed E-state index contributed by atoms with van der Waals surface area (Å²) in [5.74, 6) is -0.523. The van der Waals surface area contributed by atoms with Crippen LogP contribution in [0.3, 0.4) is 0 Å². The Morgan fingerprint density at radius 1 is 1.28 bits per heavy atom. The fourth-order valence-corrected chi connectivity index (χ4v) is 3.59. The molecular formula is C18H21FN4O2. The number of carbonyl (C=O) groups excluding carboxylic acids is 2. The van der Waals surface area contributed by atoms with Crippen LogP contribution in [0.1, 0.15) is 48.9 Å². The minimum atomic E-state index is -0.902. The standard InChI is InChI=1S/C18H21FN4O2/c19-12-7-13(15-14(8-12)21-10-22-15)16(24)23-18(5-1-2-6-18)17(25)20-9-11-3-4-11/h7-8,10-11H,1-6,9H2,(H,20,25)(H,21,22)(H,23,24). The molecule has 0 radical (unpaired) electrons. The molecule has 0 aliphatic heterocycles. The fourth-order valence-electron chi connectivity index (χ4n) is 3.59. The summed E-state index contributed by atoms with van der Waals surface area (Å²) in [7, 11) is 0. The first-order valence-electron chi connectivity index (χ1n) is 8.81. The van der Waals surface area contributed by atoms with Gasteiger partial charge in [0.05, 0.1) is 17.4 Å². The fraction of sp³-hybridized carbons (Fsp3) is 0.500. The predicted octanol–water partition coefficient (Wildman–Crippen LogP) is 2.27. The Kier molecular flexibility index (Phi) is 3.94. The Balaban J connectivity index is 1.57. The Morgan fingerprint density at radius 2 is 2.04 bits per heavy atom. The van der Waals surface area contributed by atoms with Crippen molar-refractivity contribution < 1.29 is 14.0 Å². The molecule has 132 valence electrons. The molecule has 1 aromatic carbocycles. The molecule has 1 heterocycles. The summed E-state index contributed by atoms with van der Waals surface area (Å²) < 4.78 is 13.8. The second kappa shape index (κ2) is 6.13. The van der Waals surface area contributed by atoms with E-state index in [1.807, 2.05) is 0 Å². The van der Waals surface area contributed by atoms with Gasteiger partial charge in [-0.1, -0.05) is 12.8 Å².